The maximum Gasteiger partial charge on any atom is 0.112 e. The Hall–Kier alpha value is -1.46. The second-order valence-electron chi connectivity index (χ2n) is 3.63. The van der Waals surface area contributed by atoms with E-state index < -0.39 is 0 Å². The van der Waals surface area contributed by atoms with Crippen molar-refractivity contribution in [2.45, 2.75) is 13.5 Å². The van der Waals surface area contributed by atoms with E-state index in [0.29, 0.717) is 11.5 Å². The van der Waals surface area contributed by atoms with Gasteiger partial charge in [0.25, 0.3) is 0 Å². The van der Waals surface area contributed by atoms with E-state index in [1.165, 1.54) is 4.88 Å². The number of nitrogens with zero attached hydrogens (tertiary/aromatic N) is 1. The summed E-state index contributed by atoms with van der Waals surface area (Å²) < 4.78 is 0. The molecule has 1 heterocycles. The molecule has 2 rings (SSSR count). The highest BCUT2D eigenvalue weighted by atomic mass is 32.1. The van der Waals surface area contributed by atoms with Gasteiger partial charge in [0.2, 0.25) is 0 Å². The number of anilines is 1. The Labute approximate surface area is 110 Å². The Kier molecular flexibility index (Phi) is 3.71. The molecule has 0 saturated heterocycles. The molecule has 1 aromatic heterocycles. The Bertz CT molecular complexity index is 534. The maximum absolute atomic E-state index is 5.67. The Morgan fingerprint density at radius 3 is 2.88 bits per heavy atom. The van der Waals surface area contributed by atoms with E-state index in [1.54, 1.807) is 11.3 Å². The van der Waals surface area contributed by atoms with Crippen LogP contribution in [0.5, 0.6) is 0 Å². The van der Waals surface area contributed by atoms with E-state index in [9.17, 15) is 0 Å². The second kappa shape index (κ2) is 5.25. The van der Waals surface area contributed by atoms with Gasteiger partial charge >= 0.3 is 0 Å². The summed E-state index contributed by atoms with van der Waals surface area (Å²) in [6.45, 7) is 2.74. The van der Waals surface area contributed by atoms with Crippen molar-refractivity contribution in [2.24, 2.45) is 5.73 Å². The van der Waals surface area contributed by atoms with Crippen LogP contribution in [0.3, 0.4) is 0 Å². The van der Waals surface area contributed by atoms with Crippen LogP contribution in [0.4, 0.5) is 5.69 Å². The molecular formula is C12H13N3S2. The molecule has 0 radical (unpaired) electrons. The van der Waals surface area contributed by atoms with Gasteiger partial charge in [0, 0.05) is 22.3 Å². The van der Waals surface area contributed by atoms with E-state index in [2.05, 4.69) is 10.3 Å². The summed E-state index contributed by atoms with van der Waals surface area (Å²) in [7, 11) is 0. The Morgan fingerprint density at radius 2 is 2.24 bits per heavy atom. The molecule has 0 amide bonds. The van der Waals surface area contributed by atoms with E-state index >= 15 is 0 Å². The number of aromatic nitrogens is 1. The normalized spacial score (nSPS) is 10.2. The average molecular weight is 263 g/mol. The lowest BCUT2D eigenvalue weighted by Gasteiger charge is -2.09. The molecule has 1 aromatic carbocycles. The molecule has 0 spiro atoms. The van der Waals surface area contributed by atoms with Crippen LogP contribution < -0.4 is 11.1 Å². The third-order valence-electron chi connectivity index (χ3n) is 2.29. The van der Waals surface area contributed by atoms with Crippen LogP contribution in [-0.2, 0) is 6.54 Å². The molecule has 0 fully saturated rings. The van der Waals surface area contributed by atoms with Crippen molar-refractivity contribution >= 4 is 34.2 Å². The van der Waals surface area contributed by atoms with Crippen molar-refractivity contribution in [3.63, 3.8) is 0 Å². The number of aryl methyl sites for hydroxylation is 1. The number of thiocarbonyl (C=S) groups is 1. The lowest BCUT2D eigenvalue weighted by molar-refractivity contribution is 1.10. The Morgan fingerprint density at radius 1 is 1.47 bits per heavy atom. The van der Waals surface area contributed by atoms with Crippen LogP contribution in [0.1, 0.15) is 15.4 Å². The van der Waals surface area contributed by atoms with Gasteiger partial charge in [-0.2, -0.15) is 0 Å². The lowest BCUT2D eigenvalue weighted by Crippen LogP contribution is -2.13. The van der Waals surface area contributed by atoms with E-state index in [1.807, 2.05) is 37.4 Å². The summed E-state index contributed by atoms with van der Waals surface area (Å²) in [5.74, 6) is 0. The van der Waals surface area contributed by atoms with Gasteiger partial charge in [-0.1, -0.05) is 24.4 Å². The molecule has 0 unspecified atom stereocenters. The summed E-state index contributed by atoms with van der Waals surface area (Å²) in [5.41, 5.74) is 7.49. The third-order valence-corrected chi connectivity index (χ3v) is 3.42. The van der Waals surface area contributed by atoms with Gasteiger partial charge in [0.15, 0.2) is 0 Å². The van der Waals surface area contributed by atoms with Crippen LogP contribution >= 0.6 is 23.6 Å². The Balaban J connectivity index is 2.11. The summed E-state index contributed by atoms with van der Waals surface area (Å²) in [6.07, 6.45) is 1.88. The van der Waals surface area contributed by atoms with Crippen LogP contribution in [0.2, 0.25) is 0 Å². The van der Waals surface area contributed by atoms with Crippen molar-refractivity contribution in [3.8, 4) is 0 Å². The largest absolute Gasteiger partial charge is 0.389 e. The maximum atomic E-state index is 5.67. The van der Waals surface area contributed by atoms with Gasteiger partial charge in [-0.3, -0.25) is 0 Å². The van der Waals surface area contributed by atoms with Gasteiger partial charge in [-0.25, -0.2) is 4.98 Å². The first-order valence-electron chi connectivity index (χ1n) is 5.21. The third kappa shape index (κ3) is 3.01. The fraction of sp³-hybridized carbons (Fsp3) is 0.167. The van der Waals surface area contributed by atoms with Gasteiger partial charge in [-0.15, -0.1) is 11.3 Å². The predicted octanol–water partition coefficient (Wildman–Crippen LogP) is 2.70. The fourth-order valence-electron chi connectivity index (χ4n) is 1.51. The van der Waals surface area contributed by atoms with Crippen molar-refractivity contribution in [3.05, 3.63) is 45.9 Å². The highest BCUT2D eigenvalue weighted by molar-refractivity contribution is 7.80. The van der Waals surface area contributed by atoms with E-state index in [-0.39, 0.29) is 0 Å². The zero-order valence-electron chi connectivity index (χ0n) is 9.43. The molecule has 0 aliphatic carbocycles. The van der Waals surface area contributed by atoms with Crippen LogP contribution in [0.25, 0.3) is 0 Å². The molecule has 0 aliphatic rings. The van der Waals surface area contributed by atoms with Gasteiger partial charge in [0.05, 0.1) is 6.54 Å². The van der Waals surface area contributed by atoms with Crippen molar-refractivity contribution in [1.82, 2.24) is 4.98 Å². The van der Waals surface area contributed by atoms with Gasteiger partial charge < -0.3 is 11.1 Å². The van der Waals surface area contributed by atoms with Gasteiger partial charge in [0.1, 0.15) is 10.00 Å². The molecule has 2 aromatic rings. The molecule has 17 heavy (non-hydrogen) atoms. The lowest BCUT2D eigenvalue weighted by atomic mass is 10.2. The smallest absolute Gasteiger partial charge is 0.112 e. The zero-order valence-corrected chi connectivity index (χ0v) is 11.1. The predicted molar refractivity (Wildman–Crippen MR) is 76.5 cm³/mol. The van der Waals surface area contributed by atoms with Crippen LogP contribution in [0.15, 0.2) is 30.5 Å². The van der Waals surface area contributed by atoms with Crippen molar-refractivity contribution < 1.29 is 0 Å². The zero-order chi connectivity index (χ0) is 12.3. The molecule has 3 nitrogen and oxygen atoms in total. The molecular weight excluding hydrogens is 250 g/mol. The highest BCUT2D eigenvalue weighted by Crippen LogP contribution is 2.17. The molecule has 3 N–H and O–H groups in total. The standard InChI is InChI=1S/C12H13N3S2/c1-8-6-15-11(17-8)7-14-10-5-3-2-4-9(10)12(13)16/h2-6,14H,7H2,1H3,(H2,13,16). The first-order valence-corrected chi connectivity index (χ1v) is 6.43. The van der Waals surface area contributed by atoms with Crippen molar-refractivity contribution in [1.29, 1.82) is 0 Å². The fourth-order valence-corrected chi connectivity index (χ4v) is 2.41. The van der Waals surface area contributed by atoms with E-state index in [0.717, 1.165) is 16.3 Å². The molecule has 0 bridgehead atoms. The number of thiazole rings is 1. The SMILES string of the molecule is Cc1cnc(CNc2ccccc2C(N)=S)s1. The van der Waals surface area contributed by atoms with Crippen LogP contribution in [0, 0.1) is 6.92 Å². The minimum atomic E-state index is 0.406. The number of nitrogens with one attached hydrogen (secondary N) is 1. The number of benzene rings is 1. The summed E-state index contributed by atoms with van der Waals surface area (Å²) in [6, 6.07) is 7.76. The number of rotatable bonds is 4. The van der Waals surface area contributed by atoms with Crippen LogP contribution in [-0.4, -0.2) is 9.97 Å². The second-order valence-corrected chi connectivity index (χ2v) is 5.39. The summed E-state index contributed by atoms with van der Waals surface area (Å²) in [5, 5.41) is 4.36. The number of hydrogen-bond acceptors (Lipinski definition) is 4. The number of para-hydroxylation sites is 1. The first-order chi connectivity index (χ1) is 8.16. The molecule has 5 heteroatoms. The topological polar surface area (TPSA) is 50.9 Å². The summed E-state index contributed by atoms with van der Waals surface area (Å²) >= 11 is 6.69. The minimum absolute atomic E-state index is 0.406. The van der Waals surface area contributed by atoms with Gasteiger partial charge in [-0.05, 0) is 19.1 Å². The highest BCUT2D eigenvalue weighted by Gasteiger charge is 2.04. The quantitative estimate of drug-likeness (QED) is 0.833. The number of hydrogen-bond donors (Lipinski definition) is 2. The summed E-state index contributed by atoms with van der Waals surface area (Å²) in [4.78, 5) is 5.92. The average Bonchev–Trinajstić information content (AvgIpc) is 2.73. The molecule has 88 valence electrons. The van der Waals surface area contributed by atoms with Crippen molar-refractivity contribution in [2.75, 3.05) is 5.32 Å². The molecule has 0 saturated carbocycles. The van der Waals surface area contributed by atoms with E-state index in [4.69, 9.17) is 18.0 Å². The minimum Gasteiger partial charge on any atom is -0.389 e. The first kappa shape index (κ1) is 12.0. The molecule has 0 atom stereocenters. The number of nitrogens with two attached hydrogens (primary N) is 1. The monoisotopic (exact) mass is 263 g/mol. The molecule has 0 aliphatic heterocycles.